The molecule has 0 unspecified atom stereocenters. The van der Waals surface area contributed by atoms with Crippen LogP contribution in [-0.2, 0) is 6.61 Å². The van der Waals surface area contributed by atoms with E-state index in [9.17, 15) is 4.39 Å². The van der Waals surface area contributed by atoms with Crippen LogP contribution in [0, 0.1) is 19.7 Å². The van der Waals surface area contributed by atoms with E-state index < -0.39 is 0 Å². The highest BCUT2D eigenvalue weighted by Gasteiger charge is 2.05. The summed E-state index contributed by atoms with van der Waals surface area (Å²) in [5.74, 6) is -0.324. The van der Waals surface area contributed by atoms with Crippen LogP contribution in [0.4, 0.5) is 4.39 Å². The van der Waals surface area contributed by atoms with Crippen molar-refractivity contribution in [3.63, 3.8) is 0 Å². The average Bonchev–Trinajstić information content (AvgIpc) is 2.16. The lowest BCUT2D eigenvalue weighted by Gasteiger charge is -2.06. The molecule has 13 heavy (non-hydrogen) atoms. The van der Waals surface area contributed by atoms with Gasteiger partial charge in [-0.1, -0.05) is 19.9 Å². The lowest BCUT2D eigenvalue weighted by atomic mass is 10.0. The summed E-state index contributed by atoms with van der Waals surface area (Å²) in [6.07, 6.45) is 0. The van der Waals surface area contributed by atoms with Crippen molar-refractivity contribution >= 4 is 0 Å². The van der Waals surface area contributed by atoms with Gasteiger partial charge in [0.15, 0.2) is 0 Å². The van der Waals surface area contributed by atoms with Crippen molar-refractivity contribution < 1.29 is 9.50 Å². The first-order valence-electron chi connectivity index (χ1n) is 4.52. The Labute approximate surface area is 79.2 Å². The van der Waals surface area contributed by atoms with Crippen molar-refractivity contribution in [1.29, 1.82) is 0 Å². The highest BCUT2D eigenvalue weighted by molar-refractivity contribution is 5.33. The first-order valence-corrected chi connectivity index (χ1v) is 4.52. The Morgan fingerprint density at radius 2 is 1.77 bits per heavy atom. The van der Waals surface area contributed by atoms with E-state index in [1.165, 1.54) is 6.07 Å². The molecule has 0 aliphatic heterocycles. The average molecular weight is 184 g/mol. The van der Waals surface area contributed by atoms with Crippen LogP contribution in [0.25, 0.3) is 0 Å². The van der Waals surface area contributed by atoms with Gasteiger partial charge in [0.25, 0.3) is 0 Å². The Balaban J connectivity index is 0.000000671. The van der Waals surface area contributed by atoms with Crippen LogP contribution in [0.3, 0.4) is 0 Å². The number of rotatable bonds is 1. The van der Waals surface area contributed by atoms with E-state index in [-0.39, 0.29) is 12.4 Å². The number of hydrogen-bond donors (Lipinski definition) is 1. The zero-order valence-corrected chi connectivity index (χ0v) is 8.69. The zero-order valence-electron chi connectivity index (χ0n) is 8.69. The SMILES string of the molecule is CC.Cc1ccc(F)c(CO)c1C. The monoisotopic (exact) mass is 184 g/mol. The van der Waals surface area contributed by atoms with Crippen LogP contribution in [0.15, 0.2) is 12.1 Å². The minimum Gasteiger partial charge on any atom is -0.392 e. The topological polar surface area (TPSA) is 20.2 Å². The molecule has 0 atom stereocenters. The molecule has 0 radical (unpaired) electrons. The van der Waals surface area contributed by atoms with E-state index in [4.69, 9.17) is 5.11 Å². The van der Waals surface area contributed by atoms with Gasteiger partial charge in [-0.2, -0.15) is 0 Å². The molecule has 0 bridgehead atoms. The van der Waals surface area contributed by atoms with Gasteiger partial charge < -0.3 is 5.11 Å². The standard InChI is InChI=1S/C9H11FO.C2H6/c1-6-3-4-9(10)8(5-11)7(6)2;1-2/h3-4,11H,5H2,1-2H3;1-2H3. The van der Waals surface area contributed by atoms with Crippen LogP contribution >= 0.6 is 0 Å². The third-order valence-electron chi connectivity index (χ3n) is 1.97. The second kappa shape index (κ2) is 5.70. The first kappa shape index (κ1) is 12.1. The number of halogens is 1. The Morgan fingerprint density at radius 3 is 2.15 bits per heavy atom. The number of aliphatic hydroxyl groups is 1. The summed E-state index contributed by atoms with van der Waals surface area (Å²) in [5.41, 5.74) is 2.26. The summed E-state index contributed by atoms with van der Waals surface area (Å²) >= 11 is 0. The fourth-order valence-electron chi connectivity index (χ4n) is 1.03. The fourth-order valence-corrected chi connectivity index (χ4v) is 1.03. The summed E-state index contributed by atoms with van der Waals surface area (Å²) in [4.78, 5) is 0. The molecule has 1 aromatic carbocycles. The van der Waals surface area contributed by atoms with Crippen molar-refractivity contribution in [2.45, 2.75) is 34.3 Å². The molecule has 1 rings (SSSR count). The molecule has 0 aromatic heterocycles. The van der Waals surface area contributed by atoms with Gasteiger partial charge >= 0.3 is 0 Å². The van der Waals surface area contributed by atoms with E-state index in [0.29, 0.717) is 5.56 Å². The van der Waals surface area contributed by atoms with Crippen LogP contribution in [0.5, 0.6) is 0 Å². The van der Waals surface area contributed by atoms with E-state index >= 15 is 0 Å². The van der Waals surface area contributed by atoms with Crippen molar-refractivity contribution in [2.24, 2.45) is 0 Å². The molecule has 0 amide bonds. The summed E-state index contributed by atoms with van der Waals surface area (Å²) in [6.45, 7) is 7.48. The minimum atomic E-state index is -0.324. The third-order valence-corrected chi connectivity index (χ3v) is 1.97. The molecule has 0 saturated heterocycles. The Morgan fingerprint density at radius 1 is 1.23 bits per heavy atom. The summed E-state index contributed by atoms with van der Waals surface area (Å²) < 4.78 is 12.9. The van der Waals surface area contributed by atoms with Crippen molar-refractivity contribution in [2.75, 3.05) is 0 Å². The van der Waals surface area contributed by atoms with Gasteiger partial charge in [-0.3, -0.25) is 0 Å². The van der Waals surface area contributed by atoms with Crippen LogP contribution in [-0.4, -0.2) is 5.11 Å². The van der Waals surface area contributed by atoms with Crippen LogP contribution < -0.4 is 0 Å². The van der Waals surface area contributed by atoms with E-state index in [2.05, 4.69) is 0 Å². The molecule has 1 nitrogen and oxygen atoms in total. The summed E-state index contributed by atoms with van der Waals surface area (Å²) in [7, 11) is 0. The molecule has 0 aliphatic rings. The highest BCUT2D eigenvalue weighted by atomic mass is 19.1. The maximum absolute atomic E-state index is 12.9. The van der Waals surface area contributed by atoms with Crippen molar-refractivity contribution in [1.82, 2.24) is 0 Å². The third kappa shape index (κ3) is 2.81. The van der Waals surface area contributed by atoms with E-state index in [1.807, 2.05) is 27.7 Å². The van der Waals surface area contributed by atoms with Gasteiger partial charge in [-0.25, -0.2) is 4.39 Å². The molecule has 0 spiro atoms. The van der Waals surface area contributed by atoms with Gasteiger partial charge in [0, 0.05) is 5.56 Å². The van der Waals surface area contributed by atoms with Crippen LogP contribution in [0.1, 0.15) is 30.5 Å². The number of hydrogen-bond acceptors (Lipinski definition) is 1. The molecule has 0 saturated carbocycles. The highest BCUT2D eigenvalue weighted by Crippen LogP contribution is 2.16. The molecule has 74 valence electrons. The van der Waals surface area contributed by atoms with Gasteiger partial charge in [0.2, 0.25) is 0 Å². The smallest absolute Gasteiger partial charge is 0.128 e. The van der Waals surface area contributed by atoms with Crippen molar-refractivity contribution in [3.05, 3.63) is 34.6 Å². The maximum atomic E-state index is 12.9. The molecule has 2 heteroatoms. The number of aryl methyl sites for hydroxylation is 1. The number of aliphatic hydroxyl groups excluding tert-OH is 1. The van der Waals surface area contributed by atoms with Gasteiger partial charge in [-0.05, 0) is 31.0 Å². The van der Waals surface area contributed by atoms with E-state index in [1.54, 1.807) is 6.07 Å². The lowest BCUT2D eigenvalue weighted by Crippen LogP contribution is -1.95. The summed E-state index contributed by atoms with van der Waals surface area (Å²) in [6, 6.07) is 3.09. The Bertz CT molecular complexity index is 269. The molecular weight excluding hydrogens is 167 g/mol. The maximum Gasteiger partial charge on any atom is 0.128 e. The normalized spacial score (nSPS) is 9.08. The van der Waals surface area contributed by atoms with Gasteiger partial charge in [0.05, 0.1) is 6.61 Å². The lowest BCUT2D eigenvalue weighted by molar-refractivity contribution is 0.274. The predicted octanol–water partition coefficient (Wildman–Crippen LogP) is 2.96. The molecule has 0 fully saturated rings. The second-order valence-corrected chi connectivity index (χ2v) is 2.63. The molecule has 0 heterocycles. The van der Waals surface area contributed by atoms with Crippen LogP contribution in [0.2, 0.25) is 0 Å². The van der Waals surface area contributed by atoms with Crippen molar-refractivity contribution in [3.8, 4) is 0 Å². The number of benzene rings is 1. The zero-order chi connectivity index (χ0) is 10.4. The Hall–Kier alpha value is -0.890. The Kier molecular flexibility index (Phi) is 5.31. The summed E-state index contributed by atoms with van der Waals surface area (Å²) in [5, 5.41) is 8.78. The molecule has 1 N–H and O–H groups in total. The van der Waals surface area contributed by atoms with Gasteiger partial charge in [-0.15, -0.1) is 0 Å². The molecule has 1 aromatic rings. The second-order valence-electron chi connectivity index (χ2n) is 2.63. The quantitative estimate of drug-likeness (QED) is 0.711. The first-order chi connectivity index (χ1) is 6.16. The fraction of sp³-hybridized carbons (Fsp3) is 0.455. The largest absolute Gasteiger partial charge is 0.392 e. The minimum absolute atomic E-state index is 0.223. The molecule has 0 aliphatic carbocycles. The van der Waals surface area contributed by atoms with E-state index in [0.717, 1.165) is 11.1 Å². The van der Waals surface area contributed by atoms with Gasteiger partial charge in [0.1, 0.15) is 5.82 Å². The predicted molar refractivity (Wildman–Crippen MR) is 53.1 cm³/mol. The molecular formula is C11H17FO.